The van der Waals surface area contributed by atoms with E-state index in [9.17, 15) is 9.59 Å². The number of nitrogens with zero attached hydrogens (tertiary/aromatic N) is 2. The second-order valence-corrected chi connectivity index (χ2v) is 7.15. The molecule has 0 aromatic heterocycles. The summed E-state index contributed by atoms with van der Waals surface area (Å²) in [7, 11) is 1.60. The molecule has 2 amide bonds. The molecule has 3 atom stereocenters. The van der Waals surface area contributed by atoms with Crippen LogP contribution >= 0.6 is 0 Å². The molecule has 0 radical (unpaired) electrons. The number of piperazine rings is 1. The molecule has 0 saturated carbocycles. The first-order valence-electron chi connectivity index (χ1n) is 9.14. The van der Waals surface area contributed by atoms with E-state index < -0.39 is 12.1 Å². The maximum absolute atomic E-state index is 13.1. The van der Waals surface area contributed by atoms with Gasteiger partial charge < -0.3 is 20.3 Å². The highest BCUT2D eigenvalue weighted by molar-refractivity contribution is 6.05. The molecule has 6 nitrogen and oxygen atoms in total. The molecule has 140 valence electrons. The lowest BCUT2D eigenvalue weighted by Gasteiger charge is -2.35. The second kappa shape index (κ2) is 6.70. The number of rotatable bonds is 4. The number of carbonyl (C=O) groups is 2. The molecule has 0 aliphatic carbocycles. The van der Waals surface area contributed by atoms with Gasteiger partial charge in [0.2, 0.25) is 11.8 Å². The lowest BCUT2D eigenvalue weighted by atomic mass is 10.0. The number of hydrogen-bond donors (Lipinski definition) is 1. The average molecular weight is 365 g/mol. The Morgan fingerprint density at radius 3 is 2.56 bits per heavy atom. The fraction of sp³-hybridized carbons (Fsp3) is 0.333. The molecule has 2 heterocycles. The first-order valence-corrected chi connectivity index (χ1v) is 9.14. The van der Waals surface area contributed by atoms with E-state index in [2.05, 4.69) is 0 Å². The van der Waals surface area contributed by atoms with Gasteiger partial charge in [0.1, 0.15) is 11.8 Å². The largest absolute Gasteiger partial charge is 0.495 e. The van der Waals surface area contributed by atoms with Crippen LogP contribution in [0.4, 0.5) is 5.69 Å². The standard InChI is InChI=1S/C21H23N3O3/c1-13(22)20(25)23-12-16-11-18(23)21(26)24(16)17-10-15(8-9-19(17)27-2)14-6-4-3-5-7-14/h3-10,13,16,18H,11-12,22H2,1-2H3/t13-,16-,18-/m0/s1. The van der Waals surface area contributed by atoms with Gasteiger partial charge in [0.25, 0.3) is 0 Å². The summed E-state index contributed by atoms with van der Waals surface area (Å²) < 4.78 is 5.52. The van der Waals surface area contributed by atoms with E-state index in [1.54, 1.807) is 23.8 Å². The van der Waals surface area contributed by atoms with Crippen LogP contribution in [0.3, 0.4) is 0 Å². The number of nitrogens with two attached hydrogens (primary N) is 1. The fourth-order valence-corrected chi connectivity index (χ4v) is 4.08. The van der Waals surface area contributed by atoms with Crippen molar-refractivity contribution in [2.24, 2.45) is 5.73 Å². The smallest absolute Gasteiger partial charge is 0.250 e. The zero-order valence-electron chi connectivity index (χ0n) is 15.5. The van der Waals surface area contributed by atoms with Crippen LogP contribution in [0.25, 0.3) is 11.1 Å². The molecule has 2 N–H and O–H groups in total. The quantitative estimate of drug-likeness (QED) is 0.899. The highest BCUT2D eigenvalue weighted by Crippen LogP contribution is 2.41. The first kappa shape index (κ1) is 17.5. The Hall–Kier alpha value is -2.86. The van der Waals surface area contributed by atoms with E-state index in [4.69, 9.17) is 10.5 Å². The molecule has 2 aromatic carbocycles. The molecular weight excluding hydrogens is 342 g/mol. The van der Waals surface area contributed by atoms with Gasteiger partial charge in [0.15, 0.2) is 0 Å². The van der Waals surface area contributed by atoms with Crippen molar-refractivity contribution in [1.29, 1.82) is 0 Å². The lowest BCUT2D eigenvalue weighted by Crippen LogP contribution is -2.55. The normalized spacial score (nSPS) is 22.3. The summed E-state index contributed by atoms with van der Waals surface area (Å²) in [5.41, 5.74) is 8.58. The van der Waals surface area contributed by atoms with Crippen LogP contribution in [0.15, 0.2) is 48.5 Å². The highest BCUT2D eigenvalue weighted by Gasteiger charge is 2.52. The Labute approximate surface area is 158 Å². The first-order chi connectivity index (χ1) is 13.0. The third-order valence-electron chi connectivity index (χ3n) is 5.38. The molecule has 2 aliphatic rings. The predicted molar refractivity (Wildman–Crippen MR) is 103 cm³/mol. The molecule has 2 aliphatic heterocycles. The van der Waals surface area contributed by atoms with E-state index in [-0.39, 0.29) is 17.9 Å². The summed E-state index contributed by atoms with van der Waals surface area (Å²) in [6.07, 6.45) is 0.635. The van der Waals surface area contributed by atoms with Crippen molar-refractivity contribution in [2.45, 2.75) is 31.5 Å². The van der Waals surface area contributed by atoms with Crippen LogP contribution < -0.4 is 15.4 Å². The number of likely N-dealkylation sites (tertiary alicyclic amines) is 1. The molecule has 0 spiro atoms. The molecule has 2 bridgehead atoms. The maximum Gasteiger partial charge on any atom is 0.250 e. The number of anilines is 1. The van der Waals surface area contributed by atoms with Crippen molar-refractivity contribution < 1.29 is 14.3 Å². The van der Waals surface area contributed by atoms with E-state index in [1.807, 2.05) is 48.5 Å². The van der Waals surface area contributed by atoms with Gasteiger partial charge in [-0.25, -0.2) is 0 Å². The fourth-order valence-electron chi connectivity index (χ4n) is 4.08. The van der Waals surface area contributed by atoms with E-state index in [1.165, 1.54) is 0 Å². The topological polar surface area (TPSA) is 75.9 Å². The van der Waals surface area contributed by atoms with Crippen molar-refractivity contribution in [3.63, 3.8) is 0 Å². The van der Waals surface area contributed by atoms with Crippen LogP contribution in [-0.2, 0) is 9.59 Å². The van der Waals surface area contributed by atoms with E-state index in [0.29, 0.717) is 18.7 Å². The molecule has 4 rings (SSSR count). The summed E-state index contributed by atoms with van der Waals surface area (Å²) in [6, 6.07) is 14.8. The molecule has 2 saturated heterocycles. The molecule has 2 aromatic rings. The van der Waals surface area contributed by atoms with Gasteiger partial charge in [-0.1, -0.05) is 36.4 Å². The van der Waals surface area contributed by atoms with Gasteiger partial charge in [-0.2, -0.15) is 0 Å². The average Bonchev–Trinajstić information content (AvgIpc) is 3.25. The van der Waals surface area contributed by atoms with Gasteiger partial charge in [-0.05, 0) is 36.6 Å². The number of ether oxygens (including phenoxy) is 1. The van der Waals surface area contributed by atoms with Crippen molar-refractivity contribution in [3.05, 3.63) is 48.5 Å². The summed E-state index contributed by atoms with van der Waals surface area (Å²) in [6.45, 7) is 2.17. The summed E-state index contributed by atoms with van der Waals surface area (Å²) in [4.78, 5) is 28.8. The van der Waals surface area contributed by atoms with Crippen LogP contribution in [0.2, 0.25) is 0 Å². The molecule has 27 heavy (non-hydrogen) atoms. The number of benzene rings is 2. The second-order valence-electron chi connectivity index (χ2n) is 7.15. The van der Waals surface area contributed by atoms with Crippen molar-refractivity contribution in [2.75, 3.05) is 18.6 Å². The van der Waals surface area contributed by atoms with Crippen molar-refractivity contribution in [1.82, 2.24) is 4.90 Å². The van der Waals surface area contributed by atoms with E-state index in [0.717, 1.165) is 16.8 Å². The Balaban J connectivity index is 1.68. The van der Waals surface area contributed by atoms with Crippen molar-refractivity contribution >= 4 is 17.5 Å². The Kier molecular flexibility index (Phi) is 4.36. The SMILES string of the molecule is COc1ccc(-c2ccccc2)cc1N1C(=O)[C@@H]2C[C@H]1CN2C(=O)[C@H](C)N. The number of fused-ring (bicyclic) bond motifs is 2. The Morgan fingerprint density at radius 2 is 1.93 bits per heavy atom. The molecular formula is C21H23N3O3. The van der Waals surface area contributed by atoms with Crippen LogP contribution in [0, 0.1) is 0 Å². The third kappa shape index (κ3) is 2.86. The van der Waals surface area contributed by atoms with Gasteiger partial charge in [-0.15, -0.1) is 0 Å². The number of hydrogen-bond acceptors (Lipinski definition) is 4. The summed E-state index contributed by atoms with van der Waals surface area (Å²) >= 11 is 0. The third-order valence-corrected chi connectivity index (χ3v) is 5.38. The Morgan fingerprint density at radius 1 is 1.19 bits per heavy atom. The van der Waals surface area contributed by atoms with Gasteiger partial charge in [-0.3, -0.25) is 9.59 Å². The van der Waals surface area contributed by atoms with Crippen molar-refractivity contribution in [3.8, 4) is 16.9 Å². The number of methoxy groups -OCH3 is 1. The van der Waals surface area contributed by atoms with Crippen LogP contribution in [-0.4, -0.2) is 48.5 Å². The zero-order chi connectivity index (χ0) is 19.1. The Bertz CT molecular complexity index is 881. The van der Waals surface area contributed by atoms with Gasteiger partial charge in [0.05, 0.1) is 24.9 Å². The number of carbonyl (C=O) groups excluding carboxylic acids is 2. The van der Waals surface area contributed by atoms with E-state index >= 15 is 0 Å². The molecule has 2 fully saturated rings. The summed E-state index contributed by atoms with van der Waals surface area (Å²) in [5.74, 6) is 0.421. The van der Waals surface area contributed by atoms with Crippen LogP contribution in [0.1, 0.15) is 13.3 Å². The predicted octanol–water partition coefficient (Wildman–Crippen LogP) is 2.03. The van der Waals surface area contributed by atoms with Crippen LogP contribution in [0.5, 0.6) is 5.75 Å². The minimum atomic E-state index is -0.596. The minimum Gasteiger partial charge on any atom is -0.495 e. The molecule has 0 unspecified atom stereocenters. The van der Waals surface area contributed by atoms with Gasteiger partial charge in [0, 0.05) is 6.54 Å². The number of amides is 2. The lowest BCUT2D eigenvalue weighted by molar-refractivity contribution is -0.139. The highest BCUT2D eigenvalue weighted by atomic mass is 16.5. The molecule has 6 heteroatoms. The summed E-state index contributed by atoms with van der Waals surface area (Å²) in [5, 5.41) is 0. The zero-order valence-corrected chi connectivity index (χ0v) is 15.5. The minimum absolute atomic E-state index is 0.0508. The maximum atomic E-state index is 13.1. The van der Waals surface area contributed by atoms with Gasteiger partial charge >= 0.3 is 0 Å². The monoisotopic (exact) mass is 365 g/mol.